The molecule has 0 spiro atoms. The van der Waals surface area contributed by atoms with Crippen LogP contribution in [0, 0.1) is 17.8 Å². The van der Waals surface area contributed by atoms with Crippen LogP contribution in [0.2, 0.25) is 0 Å². The lowest BCUT2D eigenvalue weighted by Crippen LogP contribution is -2.15. The summed E-state index contributed by atoms with van der Waals surface area (Å²) in [5, 5.41) is 0. The molecule has 2 rings (SSSR count). The maximum absolute atomic E-state index is 12.8. The number of benzene rings is 2. The number of ketones is 1. The molecule has 0 bridgehead atoms. The van der Waals surface area contributed by atoms with E-state index in [1.54, 1.807) is 30.3 Å². The highest BCUT2D eigenvalue weighted by molar-refractivity contribution is 5.95. The van der Waals surface area contributed by atoms with Gasteiger partial charge in [0.25, 0.3) is 0 Å². The lowest BCUT2D eigenvalue weighted by molar-refractivity contribution is -0.141. The van der Waals surface area contributed by atoms with Crippen molar-refractivity contribution >= 4 is 5.78 Å². The van der Waals surface area contributed by atoms with Gasteiger partial charge >= 0.3 is 12.4 Å². The Kier molecular flexibility index (Phi) is 6.90. The summed E-state index contributed by atoms with van der Waals surface area (Å²) >= 11 is 0. The van der Waals surface area contributed by atoms with Crippen molar-refractivity contribution in [2.45, 2.75) is 31.6 Å². The predicted octanol–water partition coefficient (Wildman–Crippen LogP) is 6.29. The van der Waals surface area contributed by atoms with Crippen LogP contribution in [0.5, 0.6) is 0 Å². The third-order valence-electron chi connectivity index (χ3n) is 3.93. The summed E-state index contributed by atoms with van der Waals surface area (Å²) in [4.78, 5) is 12.1. The lowest BCUT2D eigenvalue weighted by Gasteiger charge is -2.13. The highest BCUT2D eigenvalue weighted by Gasteiger charge is 2.31. The molecule has 2 aromatic rings. The minimum Gasteiger partial charge on any atom is -0.294 e. The van der Waals surface area contributed by atoms with Crippen molar-refractivity contribution in [1.82, 2.24) is 0 Å². The van der Waals surface area contributed by atoms with E-state index in [1.807, 2.05) is 0 Å². The Bertz CT molecular complexity index is 839. The van der Waals surface area contributed by atoms with Crippen molar-refractivity contribution in [2.24, 2.45) is 5.92 Å². The Morgan fingerprint density at radius 2 is 1.50 bits per heavy atom. The molecule has 0 saturated carbocycles. The number of alkyl halides is 6. The summed E-state index contributed by atoms with van der Waals surface area (Å²) in [6.45, 7) is 0. The normalized spacial score (nSPS) is 12.8. The van der Waals surface area contributed by atoms with E-state index in [0.717, 1.165) is 24.3 Å². The summed E-state index contributed by atoms with van der Waals surface area (Å²) in [7, 11) is 0. The first-order valence-corrected chi connectivity index (χ1v) is 8.38. The molecule has 7 heteroatoms. The van der Waals surface area contributed by atoms with Gasteiger partial charge in [-0.3, -0.25) is 4.79 Å². The molecule has 0 fully saturated rings. The maximum Gasteiger partial charge on any atom is 0.416 e. The third-order valence-corrected chi connectivity index (χ3v) is 3.93. The Morgan fingerprint density at radius 1 is 0.893 bits per heavy atom. The van der Waals surface area contributed by atoms with E-state index in [1.165, 1.54) is 0 Å². The van der Waals surface area contributed by atoms with Crippen LogP contribution < -0.4 is 0 Å². The van der Waals surface area contributed by atoms with Gasteiger partial charge in [0.1, 0.15) is 0 Å². The smallest absolute Gasteiger partial charge is 0.294 e. The van der Waals surface area contributed by atoms with Crippen LogP contribution in [-0.2, 0) is 6.18 Å². The van der Waals surface area contributed by atoms with Crippen molar-refractivity contribution in [1.29, 1.82) is 0 Å². The number of halogens is 6. The molecular weight excluding hydrogens is 382 g/mol. The minimum atomic E-state index is -4.50. The zero-order valence-corrected chi connectivity index (χ0v) is 14.6. The van der Waals surface area contributed by atoms with Crippen LogP contribution in [0.15, 0.2) is 54.6 Å². The summed E-state index contributed by atoms with van der Waals surface area (Å²) in [6.07, 6.45) is -10.4. The van der Waals surface area contributed by atoms with Gasteiger partial charge in [0.15, 0.2) is 5.78 Å². The SMILES string of the molecule is O=C(CCC(C#Cc1ccc(C(F)(F)F)cc1)CC(F)(F)F)c1ccccc1. The molecule has 0 amide bonds. The highest BCUT2D eigenvalue weighted by atomic mass is 19.4. The first kappa shape index (κ1) is 21.5. The summed E-state index contributed by atoms with van der Waals surface area (Å²) < 4.78 is 76.0. The average molecular weight is 398 g/mol. The Balaban J connectivity index is 2.09. The van der Waals surface area contributed by atoms with Crippen molar-refractivity contribution in [3.63, 3.8) is 0 Å². The van der Waals surface area contributed by atoms with E-state index in [9.17, 15) is 31.1 Å². The second kappa shape index (κ2) is 8.96. The van der Waals surface area contributed by atoms with E-state index < -0.39 is 30.3 Å². The van der Waals surface area contributed by atoms with Gasteiger partial charge in [0, 0.05) is 23.5 Å². The van der Waals surface area contributed by atoms with Crippen molar-refractivity contribution in [2.75, 3.05) is 0 Å². The van der Waals surface area contributed by atoms with Gasteiger partial charge in [0.2, 0.25) is 0 Å². The molecule has 0 heterocycles. The molecule has 0 aromatic heterocycles. The van der Waals surface area contributed by atoms with E-state index in [4.69, 9.17) is 0 Å². The number of hydrogen-bond donors (Lipinski definition) is 0. The van der Waals surface area contributed by atoms with Crippen molar-refractivity contribution in [3.05, 3.63) is 71.3 Å². The summed E-state index contributed by atoms with van der Waals surface area (Å²) in [5.74, 6) is 3.52. The van der Waals surface area contributed by atoms with E-state index in [2.05, 4.69) is 11.8 Å². The van der Waals surface area contributed by atoms with Crippen LogP contribution in [0.4, 0.5) is 26.3 Å². The number of Topliss-reactive ketones (excluding diaryl/α,β-unsaturated/α-hetero) is 1. The Morgan fingerprint density at radius 3 is 2.04 bits per heavy atom. The first-order chi connectivity index (χ1) is 13.0. The van der Waals surface area contributed by atoms with Gasteiger partial charge < -0.3 is 0 Å². The first-order valence-electron chi connectivity index (χ1n) is 8.38. The number of carbonyl (C=O) groups excluding carboxylic acids is 1. The van der Waals surface area contributed by atoms with Crippen molar-refractivity contribution < 1.29 is 31.1 Å². The predicted molar refractivity (Wildman–Crippen MR) is 92.5 cm³/mol. The fourth-order valence-electron chi connectivity index (χ4n) is 2.51. The number of carbonyl (C=O) groups is 1. The molecular formula is C21H16F6O. The molecule has 148 valence electrons. The second-order valence-corrected chi connectivity index (χ2v) is 6.19. The second-order valence-electron chi connectivity index (χ2n) is 6.19. The summed E-state index contributed by atoms with van der Waals surface area (Å²) in [6, 6.07) is 12.0. The van der Waals surface area contributed by atoms with E-state index >= 15 is 0 Å². The molecule has 2 aromatic carbocycles. The highest BCUT2D eigenvalue weighted by Crippen LogP contribution is 2.29. The van der Waals surface area contributed by atoms with Crippen LogP contribution in [0.1, 0.15) is 40.7 Å². The Hall–Kier alpha value is -2.75. The fraction of sp³-hybridized carbons (Fsp3) is 0.286. The van der Waals surface area contributed by atoms with Crippen molar-refractivity contribution in [3.8, 4) is 11.8 Å². The average Bonchev–Trinajstić information content (AvgIpc) is 2.63. The summed E-state index contributed by atoms with van der Waals surface area (Å²) in [5.41, 5.74) is -0.281. The van der Waals surface area contributed by atoms with Crippen LogP contribution in [0.25, 0.3) is 0 Å². The third kappa shape index (κ3) is 7.10. The quantitative estimate of drug-likeness (QED) is 0.329. The van der Waals surface area contributed by atoms with E-state index in [-0.39, 0.29) is 24.2 Å². The monoisotopic (exact) mass is 398 g/mol. The van der Waals surface area contributed by atoms with Gasteiger partial charge in [0.05, 0.1) is 12.0 Å². The Labute approximate surface area is 158 Å². The molecule has 1 nitrogen and oxygen atoms in total. The van der Waals surface area contributed by atoms with Gasteiger partial charge in [-0.15, -0.1) is 0 Å². The zero-order chi connectivity index (χ0) is 20.8. The largest absolute Gasteiger partial charge is 0.416 e. The van der Waals surface area contributed by atoms with Crippen LogP contribution in [0.3, 0.4) is 0 Å². The van der Waals surface area contributed by atoms with Gasteiger partial charge in [-0.1, -0.05) is 42.2 Å². The topological polar surface area (TPSA) is 17.1 Å². The number of rotatable bonds is 5. The van der Waals surface area contributed by atoms with Crippen LogP contribution >= 0.6 is 0 Å². The molecule has 1 atom stereocenters. The number of hydrogen-bond acceptors (Lipinski definition) is 1. The molecule has 0 aliphatic carbocycles. The molecule has 0 radical (unpaired) electrons. The van der Waals surface area contributed by atoms with Gasteiger partial charge in [-0.05, 0) is 30.7 Å². The molecule has 0 aliphatic heterocycles. The van der Waals surface area contributed by atoms with Gasteiger partial charge in [-0.2, -0.15) is 26.3 Å². The molecule has 0 N–H and O–H groups in total. The standard InChI is InChI=1S/C21H16F6O/c22-20(23,24)14-16(10-13-19(28)17-4-2-1-3-5-17)7-6-15-8-11-18(12-9-15)21(25,26)27/h1-5,8-9,11-12,16H,10,13-14H2. The molecule has 28 heavy (non-hydrogen) atoms. The minimum absolute atomic E-state index is 0.0964. The van der Waals surface area contributed by atoms with Crippen LogP contribution in [-0.4, -0.2) is 12.0 Å². The molecule has 0 aliphatic rings. The fourth-order valence-corrected chi connectivity index (χ4v) is 2.51. The van der Waals surface area contributed by atoms with Gasteiger partial charge in [-0.25, -0.2) is 0 Å². The zero-order valence-electron chi connectivity index (χ0n) is 14.6. The molecule has 1 unspecified atom stereocenters. The maximum atomic E-state index is 12.8. The molecule has 0 saturated heterocycles. The van der Waals surface area contributed by atoms with E-state index in [0.29, 0.717) is 5.56 Å². The lowest BCUT2D eigenvalue weighted by atomic mass is 9.95.